The molecule has 270 valence electrons. The van der Waals surface area contributed by atoms with Gasteiger partial charge in [0.25, 0.3) is 0 Å². The highest BCUT2D eigenvalue weighted by Crippen LogP contribution is 2.57. The van der Waals surface area contributed by atoms with Crippen LogP contribution < -0.4 is 0 Å². The molecule has 0 heterocycles. The summed E-state index contributed by atoms with van der Waals surface area (Å²) in [6, 6.07) is 33.2. The summed E-state index contributed by atoms with van der Waals surface area (Å²) in [6.45, 7) is 18.6. The van der Waals surface area contributed by atoms with Crippen LogP contribution in [0.4, 0.5) is 0 Å². The molecule has 2 radical (unpaired) electrons. The van der Waals surface area contributed by atoms with Gasteiger partial charge in [-0.15, -0.1) is 0 Å². The molecule has 4 aromatic carbocycles. The monoisotopic (exact) mass is 686 g/mol. The fraction of sp³-hybridized carbons (Fsp3) is 0.423. The Bertz CT molecular complexity index is 1800. The lowest BCUT2D eigenvalue weighted by Crippen LogP contribution is -2.23. The summed E-state index contributed by atoms with van der Waals surface area (Å²) in [5.41, 5.74) is 21.1. The average Bonchev–Trinajstić information content (AvgIpc) is 3.70. The Morgan fingerprint density at radius 3 is 1.23 bits per heavy atom. The van der Waals surface area contributed by atoms with Crippen LogP contribution in [0.1, 0.15) is 153 Å². The lowest BCUT2D eigenvalue weighted by atomic mass is 9.67. The topological polar surface area (TPSA) is 0 Å². The molecule has 1 fully saturated rings. The molecule has 0 heteroatoms. The van der Waals surface area contributed by atoms with Gasteiger partial charge >= 0.3 is 0 Å². The molecule has 0 aromatic heterocycles. The number of hydrogen-bond donors (Lipinski definition) is 0. The van der Waals surface area contributed by atoms with E-state index in [9.17, 15) is 0 Å². The lowest BCUT2D eigenvalue weighted by Gasteiger charge is -2.37. The number of allylic oxidation sites excluding steroid dienone is 4. The molecule has 1 saturated carbocycles. The van der Waals surface area contributed by atoms with Crippen LogP contribution in [0.5, 0.6) is 0 Å². The van der Waals surface area contributed by atoms with E-state index >= 15 is 0 Å². The number of benzene rings is 4. The molecule has 0 N–H and O–H groups in total. The molecule has 2 unspecified atom stereocenters. The van der Waals surface area contributed by atoms with Gasteiger partial charge < -0.3 is 0 Å². The van der Waals surface area contributed by atoms with Crippen molar-refractivity contribution in [3.63, 3.8) is 0 Å². The number of fused-ring (bicyclic) bond motifs is 2. The first-order valence-corrected chi connectivity index (χ1v) is 20.6. The fourth-order valence-electron chi connectivity index (χ4n) is 9.43. The van der Waals surface area contributed by atoms with Crippen LogP contribution in [0.25, 0.3) is 33.4 Å². The van der Waals surface area contributed by atoms with Crippen molar-refractivity contribution in [2.75, 3.05) is 0 Å². The van der Waals surface area contributed by atoms with Crippen molar-refractivity contribution in [2.45, 2.75) is 130 Å². The first-order valence-electron chi connectivity index (χ1n) is 20.6. The molecule has 52 heavy (non-hydrogen) atoms. The highest BCUT2D eigenvalue weighted by Gasteiger charge is 2.40. The molecule has 3 aliphatic rings. The van der Waals surface area contributed by atoms with Gasteiger partial charge in [0, 0.05) is 12.8 Å². The first-order chi connectivity index (χ1) is 25.0. The summed E-state index contributed by atoms with van der Waals surface area (Å²) < 4.78 is 0. The minimum absolute atomic E-state index is 0.143. The summed E-state index contributed by atoms with van der Waals surface area (Å²) in [5.74, 6) is 1.02. The van der Waals surface area contributed by atoms with Crippen LogP contribution in [0.15, 0.2) is 96.1 Å². The molecule has 2 atom stereocenters. The summed E-state index contributed by atoms with van der Waals surface area (Å²) >= 11 is 0. The maximum absolute atomic E-state index is 2.59. The second-order valence-electron chi connectivity index (χ2n) is 18.1. The van der Waals surface area contributed by atoms with Crippen LogP contribution in [0.2, 0.25) is 0 Å². The van der Waals surface area contributed by atoms with Gasteiger partial charge in [0.2, 0.25) is 0 Å². The molecular weight excluding hydrogens is 625 g/mol. The van der Waals surface area contributed by atoms with E-state index in [4.69, 9.17) is 0 Å². The second kappa shape index (κ2) is 15.0. The van der Waals surface area contributed by atoms with Gasteiger partial charge in [-0.25, -0.2) is 0 Å². The summed E-state index contributed by atoms with van der Waals surface area (Å²) in [4.78, 5) is 0. The second-order valence-corrected chi connectivity index (χ2v) is 18.1. The molecule has 0 spiro atoms. The molecule has 0 saturated heterocycles. The lowest BCUT2D eigenvalue weighted by molar-refractivity contribution is 0.355. The van der Waals surface area contributed by atoms with E-state index in [0.29, 0.717) is 11.8 Å². The zero-order valence-electron chi connectivity index (χ0n) is 33.5. The quantitative estimate of drug-likeness (QED) is 0.156. The Hall–Kier alpha value is -3.64. The zero-order valence-corrected chi connectivity index (χ0v) is 33.5. The number of rotatable bonds is 10. The van der Waals surface area contributed by atoms with Crippen molar-refractivity contribution in [3.8, 4) is 22.3 Å². The van der Waals surface area contributed by atoms with E-state index in [1.54, 1.807) is 22.3 Å². The molecular formula is C52H62. The van der Waals surface area contributed by atoms with Crippen LogP contribution in [0, 0.1) is 24.7 Å². The molecule has 0 amide bonds. The molecule has 3 aliphatic carbocycles. The van der Waals surface area contributed by atoms with Crippen LogP contribution >= 0.6 is 0 Å². The predicted octanol–water partition coefficient (Wildman–Crippen LogP) is 15.1. The van der Waals surface area contributed by atoms with Crippen molar-refractivity contribution >= 4 is 11.1 Å². The van der Waals surface area contributed by atoms with Crippen LogP contribution in [0.3, 0.4) is 0 Å². The third kappa shape index (κ3) is 7.17. The third-order valence-corrected chi connectivity index (χ3v) is 12.3. The van der Waals surface area contributed by atoms with Gasteiger partial charge in [0.15, 0.2) is 0 Å². The highest BCUT2D eigenvalue weighted by atomic mass is 14.4. The Labute approximate surface area is 316 Å². The Kier molecular flexibility index (Phi) is 10.6. The van der Waals surface area contributed by atoms with Gasteiger partial charge in [-0.05, 0) is 128 Å². The maximum Gasteiger partial charge on any atom is 0.0167 e. The van der Waals surface area contributed by atoms with Crippen molar-refractivity contribution in [1.29, 1.82) is 0 Å². The fourth-order valence-corrected chi connectivity index (χ4v) is 9.43. The molecule has 0 nitrogen and oxygen atoms in total. The standard InChI is InChI=1S/C52H62/c1-9-11-17-37-33-39-19-15-23-43(35-25-29-41(30-26-35)51(3,4)5)47(39)49(37)45-21-13-14-22-46(45)50-38(18-12-10-2)34-40-20-16-24-44(48(40)50)36-27-31-42(32-28-36)52(6,7)8/h15-16,19-20,23-34,45-46H,9-14,17-18,21-22H2,1-8H3. The van der Waals surface area contributed by atoms with Gasteiger partial charge in [-0.3, -0.25) is 0 Å². The number of hydrogen-bond acceptors (Lipinski definition) is 0. The normalized spacial score (nSPS) is 19.0. The van der Waals surface area contributed by atoms with E-state index < -0.39 is 0 Å². The minimum Gasteiger partial charge on any atom is -0.0654 e. The minimum atomic E-state index is 0.143. The van der Waals surface area contributed by atoms with E-state index in [2.05, 4.69) is 153 Å². The smallest absolute Gasteiger partial charge is 0.0167 e. The van der Waals surface area contributed by atoms with Crippen LogP contribution in [-0.2, 0) is 10.8 Å². The molecule has 7 rings (SSSR count). The van der Waals surface area contributed by atoms with E-state index in [1.807, 2.05) is 0 Å². The average molecular weight is 687 g/mol. The van der Waals surface area contributed by atoms with Crippen LogP contribution in [-0.4, -0.2) is 0 Å². The predicted molar refractivity (Wildman–Crippen MR) is 226 cm³/mol. The van der Waals surface area contributed by atoms with Gasteiger partial charge in [0.05, 0.1) is 0 Å². The third-order valence-electron chi connectivity index (χ3n) is 12.3. The summed E-state index contributed by atoms with van der Waals surface area (Å²) in [7, 11) is 0. The molecule has 0 aliphatic heterocycles. The Morgan fingerprint density at radius 1 is 0.500 bits per heavy atom. The first kappa shape index (κ1) is 36.7. The van der Waals surface area contributed by atoms with Gasteiger partial charge in [-0.2, -0.15) is 0 Å². The van der Waals surface area contributed by atoms with Gasteiger partial charge in [-0.1, -0.05) is 177 Å². The van der Waals surface area contributed by atoms with E-state index in [1.165, 1.54) is 120 Å². The summed E-state index contributed by atoms with van der Waals surface area (Å²) in [5, 5.41) is 0. The van der Waals surface area contributed by atoms with E-state index in [-0.39, 0.29) is 10.8 Å². The highest BCUT2D eigenvalue weighted by molar-refractivity contribution is 5.95. The molecule has 0 bridgehead atoms. The molecule has 4 aromatic rings. The van der Waals surface area contributed by atoms with Crippen molar-refractivity contribution < 1.29 is 0 Å². The van der Waals surface area contributed by atoms with E-state index in [0.717, 1.165) is 0 Å². The van der Waals surface area contributed by atoms with Gasteiger partial charge in [0.1, 0.15) is 0 Å². The van der Waals surface area contributed by atoms with Crippen molar-refractivity contribution in [2.24, 2.45) is 11.8 Å². The largest absolute Gasteiger partial charge is 0.0654 e. The maximum atomic E-state index is 2.59. The SMILES string of the molecule is CCCCC1=C(C2CCCCC2C2=C(CCCC)[CH]c3cccc(-c4ccc(C(C)(C)C)cc4)c32)c2c(cccc2-c2ccc(C(C)(C)C)cc2)[CH]1. The van der Waals surface area contributed by atoms with Crippen molar-refractivity contribution in [3.05, 3.63) is 142 Å². The zero-order chi connectivity index (χ0) is 36.6. The Balaban J connectivity index is 1.37. The van der Waals surface area contributed by atoms with Crippen molar-refractivity contribution in [1.82, 2.24) is 0 Å². The Morgan fingerprint density at radius 2 is 0.885 bits per heavy atom. The summed E-state index contributed by atoms with van der Waals surface area (Å²) in [6.07, 6.45) is 17.6. The number of unbranched alkanes of at least 4 members (excludes halogenated alkanes) is 2.